The van der Waals surface area contributed by atoms with Crippen LogP contribution in [0.3, 0.4) is 0 Å². The second-order valence-corrected chi connectivity index (χ2v) is 9.16. The molecule has 0 saturated carbocycles. The smallest absolute Gasteiger partial charge is 0.285 e. The molecule has 0 aromatic carbocycles. The predicted octanol–water partition coefficient (Wildman–Crippen LogP) is 2.59. The molecule has 3 aromatic rings. The highest BCUT2D eigenvalue weighted by Crippen LogP contribution is 2.25. The van der Waals surface area contributed by atoms with Crippen LogP contribution in [-0.4, -0.2) is 40.2 Å². The van der Waals surface area contributed by atoms with Crippen LogP contribution in [0.4, 0.5) is 0 Å². The number of fused-ring (bicyclic) bond motifs is 1. The maximum absolute atomic E-state index is 12.2. The SMILES string of the molecule is CCCCNS(=O)(=O)NC(=O)C=Cc1c(C)nn(C)c1-n1ccc2cc(Br)cnc21. The van der Waals surface area contributed by atoms with Gasteiger partial charge in [-0.05, 0) is 47.5 Å². The standard InChI is InChI=1S/C19H23BrN6O3S/c1-4-5-9-22-30(28,29)24-17(27)7-6-16-13(2)23-25(3)19(16)26-10-8-14-11-15(20)12-21-18(14)26/h6-8,10-12,22H,4-5,9H2,1-3H3,(H,24,27). The molecule has 0 atom stereocenters. The molecule has 0 aliphatic carbocycles. The summed E-state index contributed by atoms with van der Waals surface area (Å²) in [5.41, 5.74) is 2.12. The van der Waals surface area contributed by atoms with Crippen molar-refractivity contribution in [3.63, 3.8) is 0 Å². The van der Waals surface area contributed by atoms with E-state index >= 15 is 0 Å². The van der Waals surface area contributed by atoms with E-state index in [9.17, 15) is 13.2 Å². The average molecular weight is 495 g/mol. The summed E-state index contributed by atoms with van der Waals surface area (Å²) in [5, 5.41) is 5.38. The van der Waals surface area contributed by atoms with Gasteiger partial charge in [0.05, 0.1) is 5.69 Å². The molecule has 2 N–H and O–H groups in total. The molecule has 0 fully saturated rings. The minimum absolute atomic E-state index is 0.276. The van der Waals surface area contributed by atoms with Crippen LogP contribution in [0.1, 0.15) is 31.0 Å². The molecule has 0 bridgehead atoms. The largest absolute Gasteiger partial charge is 0.301 e. The number of unbranched alkanes of at least 4 members (excludes halogenated alkanes) is 1. The summed E-state index contributed by atoms with van der Waals surface area (Å²) in [6.07, 6.45) is 7.86. The molecule has 1 amide bonds. The molecule has 0 radical (unpaired) electrons. The Balaban J connectivity index is 1.88. The monoisotopic (exact) mass is 494 g/mol. The second-order valence-electron chi connectivity index (χ2n) is 6.75. The third kappa shape index (κ3) is 4.97. The van der Waals surface area contributed by atoms with E-state index in [1.165, 1.54) is 6.08 Å². The van der Waals surface area contributed by atoms with Crippen LogP contribution in [-0.2, 0) is 22.1 Å². The quantitative estimate of drug-likeness (QED) is 0.369. The molecule has 0 saturated heterocycles. The third-order valence-corrected chi connectivity index (χ3v) is 5.90. The summed E-state index contributed by atoms with van der Waals surface area (Å²) >= 11 is 3.42. The van der Waals surface area contributed by atoms with Crippen molar-refractivity contribution in [1.82, 2.24) is 28.8 Å². The van der Waals surface area contributed by atoms with Gasteiger partial charge in [0.2, 0.25) is 0 Å². The number of aryl methyl sites for hydroxylation is 2. The Morgan fingerprint density at radius 3 is 2.87 bits per heavy atom. The zero-order valence-electron chi connectivity index (χ0n) is 16.9. The number of hydrogen-bond donors (Lipinski definition) is 2. The minimum Gasteiger partial charge on any atom is -0.285 e. The average Bonchev–Trinajstić information content (AvgIpc) is 3.18. The maximum Gasteiger partial charge on any atom is 0.301 e. The normalized spacial score (nSPS) is 12.1. The minimum atomic E-state index is -3.89. The van der Waals surface area contributed by atoms with E-state index in [4.69, 9.17) is 0 Å². The van der Waals surface area contributed by atoms with Gasteiger partial charge < -0.3 is 0 Å². The molecule has 0 spiro atoms. The number of amides is 1. The van der Waals surface area contributed by atoms with E-state index in [1.54, 1.807) is 24.0 Å². The molecule has 3 aromatic heterocycles. The topological polar surface area (TPSA) is 111 Å². The molecule has 0 unspecified atom stereocenters. The van der Waals surface area contributed by atoms with Crippen LogP contribution in [0.2, 0.25) is 0 Å². The van der Waals surface area contributed by atoms with Gasteiger partial charge in [0.15, 0.2) is 0 Å². The number of halogens is 1. The van der Waals surface area contributed by atoms with Gasteiger partial charge >= 0.3 is 10.2 Å². The van der Waals surface area contributed by atoms with Crippen LogP contribution in [0.5, 0.6) is 0 Å². The highest BCUT2D eigenvalue weighted by Gasteiger charge is 2.17. The van der Waals surface area contributed by atoms with E-state index in [-0.39, 0.29) is 6.54 Å². The lowest BCUT2D eigenvalue weighted by Crippen LogP contribution is -2.39. The summed E-state index contributed by atoms with van der Waals surface area (Å²) in [4.78, 5) is 16.6. The highest BCUT2D eigenvalue weighted by molar-refractivity contribution is 9.10. The second kappa shape index (κ2) is 9.11. The Hall–Kier alpha value is -2.50. The van der Waals surface area contributed by atoms with Crippen molar-refractivity contribution in [3.8, 4) is 5.82 Å². The van der Waals surface area contributed by atoms with Crippen LogP contribution < -0.4 is 9.44 Å². The van der Waals surface area contributed by atoms with Gasteiger partial charge in [-0.1, -0.05) is 13.3 Å². The van der Waals surface area contributed by atoms with Crippen LogP contribution in [0, 0.1) is 6.92 Å². The lowest BCUT2D eigenvalue weighted by atomic mass is 10.2. The number of carbonyl (C=O) groups excluding carboxylic acids is 1. The first-order valence-corrected chi connectivity index (χ1v) is 11.7. The first-order valence-electron chi connectivity index (χ1n) is 9.38. The lowest BCUT2D eigenvalue weighted by Gasteiger charge is -2.08. The number of carbonyl (C=O) groups is 1. The van der Waals surface area contributed by atoms with E-state index in [2.05, 4.69) is 30.7 Å². The van der Waals surface area contributed by atoms with Crippen LogP contribution in [0.25, 0.3) is 22.9 Å². The van der Waals surface area contributed by atoms with Crippen molar-refractivity contribution in [3.05, 3.63) is 46.3 Å². The highest BCUT2D eigenvalue weighted by atomic mass is 79.9. The van der Waals surface area contributed by atoms with Crippen molar-refractivity contribution in [2.75, 3.05) is 6.54 Å². The van der Waals surface area contributed by atoms with Gasteiger partial charge in [0, 0.05) is 47.5 Å². The van der Waals surface area contributed by atoms with Gasteiger partial charge in [-0.2, -0.15) is 18.2 Å². The van der Waals surface area contributed by atoms with Crippen molar-refractivity contribution < 1.29 is 13.2 Å². The fraction of sp³-hybridized carbons (Fsp3) is 0.316. The van der Waals surface area contributed by atoms with Gasteiger partial charge in [-0.3, -0.25) is 14.0 Å². The number of rotatable bonds is 8. The Bertz CT molecular complexity index is 1210. The van der Waals surface area contributed by atoms with E-state index in [0.717, 1.165) is 21.9 Å². The third-order valence-electron chi connectivity index (χ3n) is 4.42. The fourth-order valence-electron chi connectivity index (χ4n) is 3.06. The predicted molar refractivity (Wildman–Crippen MR) is 119 cm³/mol. The van der Waals surface area contributed by atoms with E-state index in [1.807, 2.05) is 41.5 Å². The van der Waals surface area contributed by atoms with Crippen LogP contribution >= 0.6 is 15.9 Å². The van der Waals surface area contributed by atoms with E-state index < -0.39 is 16.1 Å². The number of nitrogens with zero attached hydrogens (tertiary/aromatic N) is 4. The molecule has 9 nitrogen and oxygen atoms in total. The molecule has 11 heteroatoms. The molecule has 0 aliphatic heterocycles. The molecular weight excluding hydrogens is 472 g/mol. The number of pyridine rings is 1. The molecule has 3 heterocycles. The summed E-state index contributed by atoms with van der Waals surface area (Å²) in [6.45, 7) is 4.05. The summed E-state index contributed by atoms with van der Waals surface area (Å²) in [6, 6.07) is 3.89. The Morgan fingerprint density at radius 2 is 2.13 bits per heavy atom. The first kappa shape index (κ1) is 22.2. The van der Waals surface area contributed by atoms with Gasteiger partial charge in [0.1, 0.15) is 11.5 Å². The molecule has 0 aliphatic rings. The van der Waals surface area contributed by atoms with Gasteiger partial charge in [-0.25, -0.2) is 9.71 Å². The van der Waals surface area contributed by atoms with Crippen molar-refractivity contribution in [2.24, 2.45) is 7.05 Å². The summed E-state index contributed by atoms with van der Waals surface area (Å²) in [5.74, 6) is -0.0297. The van der Waals surface area contributed by atoms with Gasteiger partial charge in [-0.15, -0.1) is 0 Å². The molecular formula is C19H23BrN6O3S. The number of hydrogen-bond acceptors (Lipinski definition) is 5. The molecule has 3 rings (SSSR count). The van der Waals surface area contributed by atoms with Crippen molar-refractivity contribution in [2.45, 2.75) is 26.7 Å². The Morgan fingerprint density at radius 1 is 1.37 bits per heavy atom. The number of nitrogens with one attached hydrogen (secondary N) is 2. The first-order chi connectivity index (χ1) is 14.2. The van der Waals surface area contributed by atoms with Crippen LogP contribution in [0.15, 0.2) is 35.1 Å². The Labute approximate surface area is 183 Å². The Kier molecular flexibility index (Phi) is 6.74. The molecule has 160 valence electrons. The van der Waals surface area contributed by atoms with Gasteiger partial charge in [0.25, 0.3) is 5.91 Å². The summed E-state index contributed by atoms with van der Waals surface area (Å²) in [7, 11) is -2.09. The fourth-order valence-corrected chi connectivity index (χ4v) is 4.22. The van der Waals surface area contributed by atoms with E-state index in [0.29, 0.717) is 23.5 Å². The van der Waals surface area contributed by atoms with Crippen molar-refractivity contribution >= 4 is 49.2 Å². The van der Waals surface area contributed by atoms with Crippen molar-refractivity contribution in [1.29, 1.82) is 0 Å². The maximum atomic E-state index is 12.2. The lowest BCUT2D eigenvalue weighted by molar-refractivity contribution is -0.114. The summed E-state index contributed by atoms with van der Waals surface area (Å²) < 4.78 is 32.6. The number of aromatic nitrogens is 4. The zero-order chi connectivity index (χ0) is 21.9. The molecule has 30 heavy (non-hydrogen) atoms. The zero-order valence-corrected chi connectivity index (χ0v) is 19.3.